The summed E-state index contributed by atoms with van der Waals surface area (Å²) >= 11 is 0. The molecule has 152 valence electrons. The van der Waals surface area contributed by atoms with Gasteiger partial charge < -0.3 is 5.11 Å². The van der Waals surface area contributed by atoms with Gasteiger partial charge in [-0.1, -0.05) is 96.1 Å². The Balaban J connectivity index is 0. The van der Waals surface area contributed by atoms with E-state index in [-0.39, 0.29) is 16.5 Å². The van der Waals surface area contributed by atoms with Crippen LogP contribution in [0.1, 0.15) is 122 Å². The predicted octanol–water partition coefficient (Wildman–Crippen LogP) is 7.67. The summed E-state index contributed by atoms with van der Waals surface area (Å²) in [6.07, 6.45) is 27.1. The van der Waals surface area contributed by atoms with Gasteiger partial charge in [0.25, 0.3) is 0 Å². The SMILES string of the molecule is CCCCCCCC/C=C\CCCCCCCCCCCC(=O)O.[Ni]. The second-order valence-corrected chi connectivity index (χ2v) is 7.14. The van der Waals surface area contributed by atoms with E-state index in [1.165, 1.54) is 96.3 Å². The first kappa shape index (κ1) is 26.9. The first-order valence-corrected chi connectivity index (χ1v) is 10.6. The molecule has 0 radical (unpaired) electrons. The van der Waals surface area contributed by atoms with Crippen molar-refractivity contribution in [2.75, 3.05) is 0 Å². The molecule has 25 heavy (non-hydrogen) atoms. The molecule has 2 nitrogen and oxygen atoms in total. The summed E-state index contributed by atoms with van der Waals surface area (Å²) in [5, 5.41) is 8.55. The Labute approximate surface area is 167 Å². The third kappa shape index (κ3) is 26.0. The van der Waals surface area contributed by atoms with Gasteiger partial charge in [-0.2, -0.15) is 0 Å². The third-order valence-corrected chi connectivity index (χ3v) is 4.65. The van der Waals surface area contributed by atoms with E-state index in [2.05, 4.69) is 19.1 Å². The van der Waals surface area contributed by atoms with E-state index in [0.29, 0.717) is 6.42 Å². The van der Waals surface area contributed by atoms with Crippen LogP contribution in [0.15, 0.2) is 12.2 Å². The first-order valence-electron chi connectivity index (χ1n) is 10.6. The van der Waals surface area contributed by atoms with E-state index in [1.807, 2.05) is 0 Å². The van der Waals surface area contributed by atoms with Crippen LogP contribution in [0.5, 0.6) is 0 Å². The molecule has 0 spiro atoms. The van der Waals surface area contributed by atoms with Crippen molar-refractivity contribution >= 4 is 5.97 Å². The van der Waals surface area contributed by atoms with Crippen LogP contribution in [0.3, 0.4) is 0 Å². The van der Waals surface area contributed by atoms with Crippen molar-refractivity contribution in [3.8, 4) is 0 Å². The molecule has 0 aliphatic rings. The summed E-state index contributed by atoms with van der Waals surface area (Å²) in [5.74, 6) is -0.656. The fourth-order valence-corrected chi connectivity index (χ4v) is 3.05. The third-order valence-electron chi connectivity index (χ3n) is 4.65. The number of carboxylic acids is 1. The molecule has 0 rings (SSSR count). The van der Waals surface area contributed by atoms with Gasteiger partial charge in [-0.25, -0.2) is 0 Å². The van der Waals surface area contributed by atoms with Crippen molar-refractivity contribution in [1.82, 2.24) is 0 Å². The average molecular weight is 397 g/mol. The van der Waals surface area contributed by atoms with Crippen molar-refractivity contribution in [3.63, 3.8) is 0 Å². The molecule has 0 aromatic rings. The number of allylic oxidation sites excluding steroid dienone is 2. The zero-order valence-corrected chi connectivity index (χ0v) is 17.5. The molecule has 0 aliphatic carbocycles. The maximum absolute atomic E-state index is 10.4. The maximum Gasteiger partial charge on any atom is 0.303 e. The van der Waals surface area contributed by atoms with Gasteiger partial charge in [0, 0.05) is 22.9 Å². The molecule has 0 aromatic heterocycles. The zero-order valence-electron chi connectivity index (χ0n) is 16.6. The van der Waals surface area contributed by atoms with Crippen LogP contribution in [0.2, 0.25) is 0 Å². The molecule has 0 unspecified atom stereocenters. The van der Waals surface area contributed by atoms with Crippen molar-refractivity contribution in [1.29, 1.82) is 0 Å². The van der Waals surface area contributed by atoms with Gasteiger partial charge in [0.05, 0.1) is 0 Å². The standard InChI is InChI=1S/C22H42O2.Ni/c1-2-3-4-5-6-7-8-9-10-11-12-13-14-15-16-17-18-19-20-21-22(23)24;/h9-10H,2-8,11-21H2,1H3,(H,23,24);/b10-9-;. The van der Waals surface area contributed by atoms with E-state index in [0.717, 1.165) is 12.8 Å². The van der Waals surface area contributed by atoms with E-state index in [1.54, 1.807) is 0 Å². The van der Waals surface area contributed by atoms with Crippen LogP contribution in [-0.4, -0.2) is 11.1 Å². The topological polar surface area (TPSA) is 37.3 Å². The van der Waals surface area contributed by atoms with Crippen LogP contribution in [0, 0.1) is 0 Å². The smallest absolute Gasteiger partial charge is 0.303 e. The van der Waals surface area contributed by atoms with Crippen LogP contribution in [0.25, 0.3) is 0 Å². The van der Waals surface area contributed by atoms with Crippen molar-refractivity contribution in [3.05, 3.63) is 12.2 Å². The summed E-state index contributed by atoms with van der Waals surface area (Å²) in [7, 11) is 0. The summed E-state index contributed by atoms with van der Waals surface area (Å²) in [6, 6.07) is 0. The van der Waals surface area contributed by atoms with E-state index >= 15 is 0 Å². The molecule has 0 saturated carbocycles. The molecule has 3 heteroatoms. The van der Waals surface area contributed by atoms with Gasteiger partial charge >= 0.3 is 5.97 Å². The average Bonchev–Trinajstić information content (AvgIpc) is 2.56. The van der Waals surface area contributed by atoms with Crippen molar-refractivity contribution in [2.45, 2.75) is 122 Å². The predicted molar refractivity (Wildman–Crippen MR) is 106 cm³/mol. The Kier molecular flexibility index (Phi) is 25.5. The molecule has 0 aromatic carbocycles. The number of rotatable bonds is 19. The number of carboxylic acid groups (broad SMARTS) is 1. The van der Waals surface area contributed by atoms with Crippen LogP contribution >= 0.6 is 0 Å². The zero-order chi connectivity index (χ0) is 17.7. The fraction of sp³-hybridized carbons (Fsp3) is 0.864. The minimum atomic E-state index is -0.656. The largest absolute Gasteiger partial charge is 0.481 e. The summed E-state index contributed by atoms with van der Waals surface area (Å²) in [6.45, 7) is 2.27. The molecule has 0 aliphatic heterocycles. The number of aliphatic carboxylic acids is 1. The summed E-state index contributed by atoms with van der Waals surface area (Å²) < 4.78 is 0. The van der Waals surface area contributed by atoms with E-state index < -0.39 is 5.97 Å². The Bertz CT molecular complexity index is 290. The normalized spacial score (nSPS) is 10.9. The second kappa shape index (κ2) is 23.7. The van der Waals surface area contributed by atoms with Gasteiger partial charge in [0.1, 0.15) is 0 Å². The second-order valence-electron chi connectivity index (χ2n) is 7.14. The van der Waals surface area contributed by atoms with Gasteiger partial charge in [0.2, 0.25) is 0 Å². The van der Waals surface area contributed by atoms with Crippen LogP contribution in [-0.2, 0) is 21.3 Å². The van der Waals surface area contributed by atoms with E-state index in [4.69, 9.17) is 5.11 Å². The van der Waals surface area contributed by atoms with Gasteiger partial charge in [-0.3, -0.25) is 4.79 Å². The van der Waals surface area contributed by atoms with Crippen LogP contribution in [0.4, 0.5) is 0 Å². The first-order chi connectivity index (χ1) is 11.8. The monoisotopic (exact) mass is 396 g/mol. The number of hydrogen-bond donors (Lipinski definition) is 1. The molecule has 0 heterocycles. The molecule has 1 N–H and O–H groups in total. The maximum atomic E-state index is 10.4. The fourth-order valence-electron chi connectivity index (χ4n) is 3.05. The summed E-state index contributed by atoms with van der Waals surface area (Å²) in [5.41, 5.74) is 0. The Morgan fingerprint density at radius 3 is 1.40 bits per heavy atom. The minimum absolute atomic E-state index is 0. The Hall–Kier alpha value is -0.296. The molecular formula is C22H42NiO2. The van der Waals surface area contributed by atoms with Gasteiger partial charge in [-0.15, -0.1) is 0 Å². The van der Waals surface area contributed by atoms with Gasteiger partial charge in [0.15, 0.2) is 0 Å². The summed E-state index contributed by atoms with van der Waals surface area (Å²) in [4.78, 5) is 10.4. The molecule has 0 fully saturated rings. The van der Waals surface area contributed by atoms with Crippen molar-refractivity contribution < 1.29 is 26.4 Å². The van der Waals surface area contributed by atoms with Crippen molar-refractivity contribution in [2.24, 2.45) is 0 Å². The molecule has 0 bridgehead atoms. The van der Waals surface area contributed by atoms with Crippen LogP contribution < -0.4 is 0 Å². The minimum Gasteiger partial charge on any atom is -0.481 e. The molecule has 0 amide bonds. The molecule has 0 atom stereocenters. The van der Waals surface area contributed by atoms with E-state index in [9.17, 15) is 4.79 Å². The molecule has 0 saturated heterocycles. The molecular weight excluding hydrogens is 355 g/mol. The number of unbranched alkanes of at least 4 members (excludes halogenated alkanes) is 15. The Morgan fingerprint density at radius 2 is 1.00 bits per heavy atom. The quantitative estimate of drug-likeness (QED) is 0.138. The Morgan fingerprint density at radius 1 is 0.640 bits per heavy atom. The number of hydrogen-bond acceptors (Lipinski definition) is 1. The number of carbonyl (C=O) groups is 1. The van der Waals surface area contributed by atoms with Gasteiger partial charge in [-0.05, 0) is 32.1 Å².